The highest BCUT2D eigenvalue weighted by Crippen LogP contribution is 2.57. The monoisotopic (exact) mass is 343 g/mol. The molecular formula is C20H29N3O2. The largest absolute Gasteiger partial charge is 0.390 e. The van der Waals surface area contributed by atoms with Crippen LogP contribution in [-0.2, 0) is 4.79 Å². The zero-order chi connectivity index (χ0) is 17.3. The van der Waals surface area contributed by atoms with Crippen LogP contribution in [0, 0.1) is 28.6 Å². The fraction of sp³-hybridized carbons (Fsp3) is 0.900. The number of rotatable bonds is 5. The summed E-state index contributed by atoms with van der Waals surface area (Å²) < 4.78 is 0. The smallest absolute Gasteiger partial charge is 0.142 e. The van der Waals surface area contributed by atoms with E-state index in [4.69, 9.17) is 0 Å². The number of nitrogens with zero attached hydrogens (tertiary/aromatic N) is 1. The second-order valence-electron chi connectivity index (χ2n) is 9.89. The van der Waals surface area contributed by atoms with Gasteiger partial charge in [-0.3, -0.25) is 10.1 Å². The molecule has 6 bridgehead atoms. The van der Waals surface area contributed by atoms with Crippen molar-refractivity contribution in [1.29, 1.82) is 5.26 Å². The Morgan fingerprint density at radius 1 is 1.24 bits per heavy atom. The molecular weight excluding hydrogens is 314 g/mol. The number of nitrogens with one attached hydrogen (secondary N) is 2. The van der Waals surface area contributed by atoms with E-state index < -0.39 is 11.0 Å². The maximum Gasteiger partial charge on any atom is 0.142 e. The Kier molecular flexibility index (Phi) is 3.43. The van der Waals surface area contributed by atoms with Gasteiger partial charge >= 0.3 is 0 Å². The van der Waals surface area contributed by atoms with Gasteiger partial charge in [0, 0.05) is 24.5 Å². The fourth-order valence-electron chi connectivity index (χ4n) is 7.56. The van der Waals surface area contributed by atoms with Crippen LogP contribution < -0.4 is 10.6 Å². The molecule has 0 amide bonds. The van der Waals surface area contributed by atoms with Crippen molar-refractivity contribution in [2.45, 2.75) is 87.4 Å². The van der Waals surface area contributed by atoms with E-state index >= 15 is 0 Å². The third kappa shape index (κ3) is 2.41. The van der Waals surface area contributed by atoms with E-state index in [-0.39, 0.29) is 17.4 Å². The summed E-state index contributed by atoms with van der Waals surface area (Å²) in [7, 11) is 0. The highest BCUT2D eigenvalue weighted by atomic mass is 16.3. The molecule has 3 N–H and O–H groups in total. The molecule has 1 aliphatic heterocycles. The minimum absolute atomic E-state index is 0.0531. The number of piperidine rings is 1. The summed E-state index contributed by atoms with van der Waals surface area (Å²) in [5.41, 5.74) is -0.835. The van der Waals surface area contributed by atoms with E-state index in [1.165, 1.54) is 6.42 Å². The number of Topliss-reactive ketones (excluding diaryl/α,β-unsaturated/α-hetero) is 1. The molecule has 5 aliphatic carbocycles. The Balaban J connectivity index is 1.23. The van der Waals surface area contributed by atoms with E-state index in [0.717, 1.165) is 51.4 Å². The van der Waals surface area contributed by atoms with Gasteiger partial charge in [0.2, 0.25) is 0 Å². The van der Waals surface area contributed by atoms with Crippen molar-refractivity contribution < 1.29 is 9.90 Å². The maximum absolute atomic E-state index is 13.0. The fourth-order valence-corrected chi connectivity index (χ4v) is 7.56. The first kappa shape index (κ1) is 16.2. The lowest BCUT2D eigenvalue weighted by Gasteiger charge is -2.60. The molecule has 5 saturated carbocycles. The lowest BCUT2D eigenvalue weighted by atomic mass is 9.51. The average Bonchev–Trinajstić information content (AvgIpc) is 3.11. The Hall–Kier alpha value is -0.960. The highest BCUT2D eigenvalue weighted by molar-refractivity contribution is 5.87. The van der Waals surface area contributed by atoms with Crippen LogP contribution in [0.5, 0.6) is 0 Å². The third-order valence-electron chi connectivity index (χ3n) is 8.07. The third-order valence-corrected chi connectivity index (χ3v) is 8.07. The molecule has 5 unspecified atom stereocenters. The molecule has 5 nitrogen and oxygen atoms in total. The van der Waals surface area contributed by atoms with Crippen molar-refractivity contribution in [3.05, 3.63) is 0 Å². The van der Waals surface area contributed by atoms with Crippen LogP contribution in [0.1, 0.15) is 64.2 Å². The van der Waals surface area contributed by atoms with Gasteiger partial charge in [0.15, 0.2) is 0 Å². The van der Waals surface area contributed by atoms with Crippen molar-refractivity contribution in [2.75, 3.05) is 6.54 Å². The Morgan fingerprint density at radius 2 is 2.00 bits per heavy atom. The minimum atomic E-state index is -0.459. The van der Waals surface area contributed by atoms with Gasteiger partial charge in [0.1, 0.15) is 11.8 Å². The average molecular weight is 343 g/mol. The molecule has 0 aromatic carbocycles. The van der Waals surface area contributed by atoms with Crippen LogP contribution in [0.3, 0.4) is 0 Å². The number of nitriles is 1. The van der Waals surface area contributed by atoms with E-state index in [0.29, 0.717) is 30.8 Å². The van der Waals surface area contributed by atoms with Crippen LogP contribution >= 0.6 is 0 Å². The first-order valence-electron chi connectivity index (χ1n) is 10.1. The quantitative estimate of drug-likeness (QED) is 0.707. The molecule has 1 heterocycles. The molecule has 0 aromatic rings. The molecule has 0 spiro atoms. The number of carbonyl (C=O) groups excluding carboxylic acids is 1. The second-order valence-corrected chi connectivity index (χ2v) is 9.89. The van der Waals surface area contributed by atoms with Crippen molar-refractivity contribution in [1.82, 2.24) is 10.6 Å². The van der Waals surface area contributed by atoms with Crippen molar-refractivity contribution in [2.24, 2.45) is 17.3 Å². The molecule has 5 heteroatoms. The topological polar surface area (TPSA) is 85.2 Å². The SMILES string of the molecule is N#CC1NC2CCC1(C(=O)CCNC13CC4CC(CC(O)(C4)C1)C3)C2. The number of ketones is 1. The summed E-state index contributed by atoms with van der Waals surface area (Å²) in [6, 6.07) is 2.39. The number of fused-ring (bicyclic) bond motifs is 2. The molecule has 5 atom stereocenters. The standard InChI is InChI=1S/C20H29N3O2/c21-11-16-20(3-1-15(10-20)23-16)17(24)2-4-22-18-6-13-5-14(7-18)9-19(25,8-13)12-18/h13-16,22-23,25H,1-10,12H2. The molecule has 6 rings (SSSR count). The predicted molar refractivity (Wildman–Crippen MR) is 92.6 cm³/mol. The van der Waals surface area contributed by atoms with Crippen molar-refractivity contribution >= 4 is 5.78 Å². The first-order chi connectivity index (χ1) is 11.9. The van der Waals surface area contributed by atoms with Crippen LogP contribution in [0.25, 0.3) is 0 Å². The van der Waals surface area contributed by atoms with E-state index in [1.807, 2.05) is 0 Å². The van der Waals surface area contributed by atoms with E-state index in [9.17, 15) is 15.2 Å². The normalized spacial score (nSPS) is 52.5. The van der Waals surface area contributed by atoms with Gasteiger partial charge in [-0.25, -0.2) is 0 Å². The first-order valence-corrected chi connectivity index (χ1v) is 10.1. The number of hydrogen-bond donors (Lipinski definition) is 3. The zero-order valence-electron chi connectivity index (χ0n) is 14.9. The molecule has 0 aromatic heterocycles. The summed E-state index contributed by atoms with van der Waals surface area (Å²) in [6.07, 6.45) is 9.68. The van der Waals surface area contributed by atoms with Gasteiger partial charge in [0.25, 0.3) is 0 Å². The van der Waals surface area contributed by atoms with Crippen molar-refractivity contribution in [3.8, 4) is 6.07 Å². The summed E-state index contributed by atoms with van der Waals surface area (Å²) >= 11 is 0. The Labute approximate surface area is 149 Å². The Bertz CT molecular complexity index is 627. The number of hydrogen-bond acceptors (Lipinski definition) is 5. The van der Waals surface area contributed by atoms with Gasteiger partial charge in [-0.05, 0) is 69.6 Å². The number of aliphatic hydroxyl groups is 1. The lowest BCUT2D eigenvalue weighted by Crippen LogP contribution is -2.64. The highest BCUT2D eigenvalue weighted by Gasteiger charge is 2.58. The molecule has 0 radical (unpaired) electrons. The number of carbonyl (C=O) groups is 1. The van der Waals surface area contributed by atoms with Crippen LogP contribution in [0.4, 0.5) is 0 Å². The van der Waals surface area contributed by atoms with Crippen LogP contribution in [0.15, 0.2) is 0 Å². The summed E-state index contributed by atoms with van der Waals surface area (Å²) in [5, 5.41) is 27.3. The van der Waals surface area contributed by atoms with E-state index in [1.54, 1.807) is 0 Å². The minimum Gasteiger partial charge on any atom is -0.390 e. The zero-order valence-corrected chi connectivity index (χ0v) is 14.9. The maximum atomic E-state index is 13.0. The lowest BCUT2D eigenvalue weighted by molar-refractivity contribution is -0.142. The molecule has 1 saturated heterocycles. The molecule has 136 valence electrons. The van der Waals surface area contributed by atoms with Crippen LogP contribution in [-0.4, -0.2) is 40.7 Å². The van der Waals surface area contributed by atoms with Crippen molar-refractivity contribution in [3.63, 3.8) is 0 Å². The van der Waals surface area contributed by atoms with Gasteiger partial charge in [-0.2, -0.15) is 5.26 Å². The van der Waals surface area contributed by atoms with Gasteiger partial charge in [-0.1, -0.05) is 0 Å². The Morgan fingerprint density at radius 3 is 2.64 bits per heavy atom. The van der Waals surface area contributed by atoms with E-state index in [2.05, 4.69) is 16.7 Å². The predicted octanol–water partition coefficient (Wildman–Crippen LogP) is 1.65. The molecule has 6 fully saturated rings. The molecule has 6 aliphatic rings. The summed E-state index contributed by atoms with van der Waals surface area (Å²) in [4.78, 5) is 13.0. The van der Waals surface area contributed by atoms with Gasteiger partial charge in [0.05, 0.1) is 17.1 Å². The summed E-state index contributed by atoms with van der Waals surface area (Å²) in [5.74, 6) is 1.58. The van der Waals surface area contributed by atoms with Gasteiger partial charge in [-0.15, -0.1) is 0 Å². The molecule has 25 heavy (non-hydrogen) atoms. The van der Waals surface area contributed by atoms with Crippen LogP contribution in [0.2, 0.25) is 0 Å². The second kappa shape index (κ2) is 5.28. The summed E-state index contributed by atoms with van der Waals surface area (Å²) in [6.45, 7) is 0.693. The van der Waals surface area contributed by atoms with Gasteiger partial charge < -0.3 is 10.4 Å².